The van der Waals surface area contributed by atoms with Gasteiger partial charge >= 0.3 is 0 Å². The maximum atomic E-state index is 12.4. The zero-order valence-electron chi connectivity index (χ0n) is 9.84. The highest BCUT2D eigenvalue weighted by Crippen LogP contribution is 2.19. The average Bonchev–Trinajstić information content (AvgIpc) is 2.40. The summed E-state index contributed by atoms with van der Waals surface area (Å²) in [6, 6.07) is 0. The van der Waals surface area contributed by atoms with Crippen LogP contribution in [0.15, 0.2) is 0 Å². The van der Waals surface area contributed by atoms with Crippen LogP contribution in [0.3, 0.4) is 0 Å². The molecular weight excluding hydrogens is 244 g/mol. The third kappa shape index (κ3) is 2.97. The minimum Gasteiger partial charge on any atom is -0.394 e. The number of ether oxygens (including phenoxy) is 1. The van der Waals surface area contributed by atoms with Crippen molar-refractivity contribution in [2.24, 2.45) is 0 Å². The molecule has 2 saturated heterocycles. The Morgan fingerprint density at radius 1 is 1.47 bits per heavy atom. The van der Waals surface area contributed by atoms with Crippen molar-refractivity contribution in [1.82, 2.24) is 9.62 Å². The summed E-state index contributed by atoms with van der Waals surface area (Å²) in [6.45, 7) is 2.34. The number of sulfonamides is 1. The Bertz CT molecular complexity index is 340. The van der Waals surface area contributed by atoms with Gasteiger partial charge in [0.2, 0.25) is 10.0 Å². The van der Waals surface area contributed by atoms with Crippen molar-refractivity contribution in [3.63, 3.8) is 0 Å². The van der Waals surface area contributed by atoms with Crippen LogP contribution < -0.4 is 5.32 Å². The molecule has 17 heavy (non-hydrogen) atoms. The van der Waals surface area contributed by atoms with Crippen LogP contribution in [0.2, 0.25) is 0 Å². The van der Waals surface area contributed by atoms with Crippen molar-refractivity contribution in [3.05, 3.63) is 0 Å². The van der Waals surface area contributed by atoms with E-state index in [2.05, 4.69) is 5.32 Å². The van der Waals surface area contributed by atoms with Gasteiger partial charge in [-0.25, -0.2) is 8.42 Å². The van der Waals surface area contributed by atoms with Gasteiger partial charge in [-0.05, 0) is 19.4 Å². The Kier molecular flexibility index (Phi) is 4.37. The van der Waals surface area contributed by atoms with Gasteiger partial charge in [0.25, 0.3) is 0 Å². The first-order chi connectivity index (χ1) is 8.14. The number of hydrogen-bond donors (Lipinski definition) is 2. The molecule has 2 atom stereocenters. The molecule has 7 heteroatoms. The van der Waals surface area contributed by atoms with Gasteiger partial charge in [0, 0.05) is 19.6 Å². The first-order valence-electron chi connectivity index (χ1n) is 6.06. The molecule has 2 aliphatic rings. The highest BCUT2D eigenvalue weighted by molar-refractivity contribution is 7.89. The molecule has 0 saturated carbocycles. The van der Waals surface area contributed by atoms with Gasteiger partial charge in [-0.3, -0.25) is 0 Å². The van der Waals surface area contributed by atoms with Crippen molar-refractivity contribution >= 4 is 10.0 Å². The Balaban J connectivity index is 2.03. The third-order valence-electron chi connectivity index (χ3n) is 3.34. The highest BCUT2D eigenvalue weighted by Gasteiger charge is 2.35. The Morgan fingerprint density at radius 2 is 2.29 bits per heavy atom. The molecule has 0 spiro atoms. The number of nitrogens with zero attached hydrogens (tertiary/aromatic N) is 1. The van der Waals surface area contributed by atoms with Gasteiger partial charge in [-0.15, -0.1) is 0 Å². The maximum absolute atomic E-state index is 12.4. The normalized spacial score (nSPS) is 32.5. The van der Waals surface area contributed by atoms with Crippen LogP contribution in [-0.4, -0.2) is 68.6 Å². The topological polar surface area (TPSA) is 78.9 Å². The molecule has 2 unspecified atom stereocenters. The summed E-state index contributed by atoms with van der Waals surface area (Å²) in [5, 5.41) is 11.8. The SMILES string of the molecule is O=S(=O)(C1CCCNC1)N1CCOC(CO)C1. The van der Waals surface area contributed by atoms with Crippen molar-refractivity contribution in [2.75, 3.05) is 39.4 Å². The van der Waals surface area contributed by atoms with E-state index < -0.39 is 10.0 Å². The van der Waals surface area contributed by atoms with Crippen LogP contribution in [0.1, 0.15) is 12.8 Å². The van der Waals surface area contributed by atoms with Crippen molar-refractivity contribution in [2.45, 2.75) is 24.2 Å². The van der Waals surface area contributed by atoms with E-state index in [-0.39, 0.29) is 24.5 Å². The molecule has 0 aromatic rings. The summed E-state index contributed by atoms with van der Waals surface area (Å²) in [4.78, 5) is 0. The summed E-state index contributed by atoms with van der Waals surface area (Å²) in [5.41, 5.74) is 0. The third-order valence-corrected chi connectivity index (χ3v) is 5.63. The van der Waals surface area contributed by atoms with Gasteiger partial charge < -0.3 is 15.2 Å². The number of rotatable bonds is 3. The lowest BCUT2D eigenvalue weighted by molar-refractivity contribution is -0.0307. The molecule has 2 rings (SSSR count). The van der Waals surface area contributed by atoms with E-state index in [0.717, 1.165) is 19.4 Å². The molecule has 0 aromatic heterocycles. The minimum absolute atomic E-state index is 0.130. The van der Waals surface area contributed by atoms with E-state index in [4.69, 9.17) is 9.84 Å². The Labute approximate surface area is 102 Å². The molecule has 2 heterocycles. The van der Waals surface area contributed by atoms with Crippen LogP contribution in [0.25, 0.3) is 0 Å². The average molecular weight is 264 g/mol. The summed E-state index contributed by atoms with van der Waals surface area (Å²) < 4.78 is 31.4. The molecule has 0 amide bonds. The summed E-state index contributed by atoms with van der Waals surface area (Å²) in [6.07, 6.45) is 1.24. The second-order valence-electron chi connectivity index (χ2n) is 4.55. The van der Waals surface area contributed by atoms with Crippen LogP contribution >= 0.6 is 0 Å². The number of aliphatic hydroxyl groups excluding tert-OH is 1. The molecule has 0 aliphatic carbocycles. The fourth-order valence-corrected chi connectivity index (χ4v) is 4.24. The second-order valence-corrected chi connectivity index (χ2v) is 6.76. The second kappa shape index (κ2) is 5.62. The molecule has 2 aliphatic heterocycles. The first kappa shape index (κ1) is 13.2. The van der Waals surface area contributed by atoms with E-state index in [9.17, 15) is 8.42 Å². The molecule has 100 valence electrons. The standard InChI is InChI=1S/C10H20N2O4S/c13-8-9-7-12(4-5-16-9)17(14,15)10-2-1-3-11-6-10/h9-11,13H,1-8H2. The Morgan fingerprint density at radius 3 is 2.94 bits per heavy atom. The quantitative estimate of drug-likeness (QED) is 0.667. The predicted molar refractivity (Wildman–Crippen MR) is 63.2 cm³/mol. The van der Waals surface area contributed by atoms with Gasteiger partial charge in [-0.2, -0.15) is 4.31 Å². The monoisotopic (exact) mass is 264 g/mol. The number of aliphatic hydroxyl groups is 1. The maximum Gasteiger partial charge on any atom is 0.218 e. The Hall–Kier alpha value is -0.210. The van der Waals surface area contributed by atoms with Crippen LogP contribution in [-0.2, 0) is 14.8 Å². The zero-order chi connectivity index (χ0) is 12.3. The molecule has 0 aromatic carbocycles. The van der Waals surface area contributed by atoms with Crippen molar-refractivity contribution < 1.29 is 18.3 Å². The molecule has 0 radical (unpaired) electrons. The summed E-state index contributed by atoms with van der Waals surface area (Å²) in [7, 11) is -3.25. The smallest absolute Gasteiger partial charge is 0.218 e. The minimum atomic E-state index is -3.25. The lowest BCUT2D eigenvalue weighted by atomic mass is 10.2. The summed E-state index contributed by atoms with van der Waals surface area (Å²) in [5.74, 6) is 0. The van der Waals surface area contributed by atoms with E-state index in [1.165, 1.54) is 4.31 Å². The fourth-order valence-electron chi connectivity index (χ4n) is 2.32. The number of piperidine rings is 1. The van der Waals surface area contributed by atoms with E-state index in [1.807, 2.05) is 0 Å². The molecule has 0 bridgehead atoms. The highest BCUT2D eigenvalue weighted by atomic mass is 32.2. The van der Waals surface area contributed by atoms with E-state index in [1.54, 1.807) is 0 Å². The van der Waals surface area contributed by atoms with Crippen molar-refractivity contribution in [1.29, 1.82) is 0 Å². The fraction of sp³-hybridized carbons (Fsp3) is 1.00. The van der Waals surface area contributed by atoms with Gasteiger partial charge in [0.1, 0.15) is 0 Å². The van der Waals surface area contributed by atoms with E-state index >= 15 is 0 Å². The molecule has 2 N–H and O–H groups in total. The molecular formula is C10H20N2O4S. The molecule has 6 nitrogen and oxygen atoms in total. The van der Waals surface area contributed by atoms with Crippen LogP contribution in [0.5, 0.6) is 0 Å². The van der Waals surface area contributed by atoms with Gasteiger partial charge in [-0.1, -0.05) is 0 Å². The van der Waals surface area contributed by atoms with Gasteiger partial charge in [0.05, 0.1) is 24.6 Å². The van der Waals surface area contributed by atoms with Crippen LogP contribution in [0.4, 0.5) is 0 Å². The molecule has 2 fully saturated rings. The first-order valence-corrected chi connectivity index (χ1v) is 7.57. The van der Waals surface area contributed by atoms with Crippen LogP contribution in [0, 0.1) is 0 Å². The number of morpholine rings is 1. The lowest BCUT2D eigenvalue weighted by Crippen LogP contribution is -2.52. The number of nitrogens with one attached hydrogen (secondary N) is 1. The zero-order valence-corrected chi connectivity index (χ0v) is 10.7. The predicted octanol–water partition coefficient (Wildman–Crippen LogP) is -1.24. The number of hydrogen-bond acceptors (Lipinski definition) is 5. The lowest BCUT2D eigenvalue weighted by Gasteiger charge is -2.35. The summed E-state index contributed by atoms with van der Waals surface area (Å²) >= 11 is 0. The van der Waals surface area contributed by atoms with Gasteiger partial charge in [0.15, 0.2) is 0 Å². The van der Waals surface area contributed by atoms with Crippen molar-refractivity contribution in [3.8, 4) is 0 Å². The largest absolute Gasteiger partial charge is 0.394 e. The van der Waals surface area contributed by atoms with E-state index in [0.29, 0.717) is 19.7 Å².